The number of benzene rings is 2. The second-order valence-electron chi connectivity index (χ2n) is 5.58. The number of anilines is 2. The van der Waals surface area contributed by atoms with Gasteiger partial charge in [-0.15, -0.1) is 0 Å². The van der Waals surface area contributed by atoms with Gasteiger partial charge in [0.25, 0.3) is 5.91 Å². The minimum absolute atomic E-state index is 0.0952. The Morgan fingerprint density at radius 2 is 1.92 bits per heavy atom. The number of nitrogens with one attached hydrogen (secondary N) is 1. The van der Waals surface area contributed by atoms with Crippen LogP contribution in [-0.4, -0.2) is 25.0 Å². The maximum Gasteiger partial charge on any atom is 0.255 e. The first-order valence-electron chi connectivity index (χ1n) is 8.12. The predicted molar refractivity (Wildman–Crippen MR) is 93.6 cm³/mol. The van der Waals surface area contributed by atoms with Crippen molar-refractivity contribution in [3.63, 3.8) is 0 Å². The van der Waals surface area contributed by atoms with Crippen LogP contribution in [0.2, 0.25) is 0 Å². The number of ether oxygens (including phenoxy) is 1. The van der Waals surface area contributed by atoms with Crippen molar-refractivity contribution in [3.8, 4) is 5.75 Å². The molecule has 1 heterocycles. The van der Waals surface area contributed by atoms with Crippen LogP contribution in [0.3, 0.4) is 0 Å². The average Bonchev–Trinajstić information content (AvgIpc) is 3.02. The van der Waals surface area contributed by atoms with E-state index in [1.165, 1.54) is 0 Å². The number of amides is 2. The molecule has 0 radical (unpaired) electrons. The molecule has 0 aromatic heterocycles. The van der Waals surface area contributed by atoms with Gasteiger partial charge in [-0.25, -0.2) is 0 Å². The minimum Gasteiger partial charge on any atom is -0.494 e. The number of hydrogen-bond acceptors (Lipinski definition) is 3. The van der Waals surface area contributed by atoms with Crippen LogP contribution in [-0.2, 0) is 4.79 Å². The standard InChI is InChI=1S/C19H20N2O3/c1-2-24-15-11-9-14(10-12-15)19(23)20-16-6-3-4-7-17(16)21-13-5-8-18(21)22/h3-4,6-7,9-12H,2,5,8,13H2,1H3,(H,20,23). The van der Waals surface area contributed by atoms with Gasteiger partial charge < -0.3 is 15.0 Å². The van der Waals surface area contributed by atoms with E-state index < -0.39 is 0 Å². The molecule has 1 fully saturated rings. The molecule has 0 bridgehead atoms. The number of hydrogen-bond donors (Lipinski definition) is 1. The van der Waals surface area contributed by atoms with Crippen molar-refractivity contribution in [1.82, 2.24) is 0 Å². The molecule has 1 saturated heterocycles. The van der Waals surface area contributed by atoms with E-state index in [1.807, 2.05) is 31.2 Å². The maximum atomic E-state index is 12.5. The van der Waals surface area contributed by atoms with E-state index in [1.54, 1.807) is 29.2 Å². The molecule has 0 atom stereocenters. The van der Waals surface area contributed by atoms with Crippen molar-refractivity contribution in [2.24, 2.45) is 0 Å². The molecule has 0 unspecified atom stereocenters. The summed E-state index contributed by atoms with van der Waals surface area (Å²) >= 11 is 0. The van der Waals surface area contributed by atoms with Crippen molar-refractivity contribution in [2.45, 2.75) is 19.8 Å². The molecule has 1 aliphatic heterocycles. The van der Waals surface area contributed by atoms with Crippen molar-refractivity contribution >= 4 is 23.2 Å². The predicted octanol–water partition coefficient (Wildman–Crippen LogP) is 3.46. The smallest absolute Gasteiger partial charge is 0.255 e. The molecule has 24 heavy (non-hydrogen) atoms. The van der Waals surface area contributed by atoms with Crippen LogP contribution < -0.4 is 15.0 Å². The Kier molecular flexibility index (Phi) is 4.79. The van der Waals surface area contributed by atoms with Crippen molar-refractivity contribution in [1.29, 1.82) is 0 Å². The Balaban J connectivity index is 1.78. The Morgan fingerprint density at radius 3 is 2.58 bits per heavy atom. The lowest BCUT2D eigenvalue weighted by atomic mass is 10.2. The molecule has 0 spiro atoms. The quantitative estimate of drug-likeness (QED) is 0.916. The SMILES string of the molecule is CCOc1ccc(C(=O)Nc2ccccc2N2CCCC2=O)cc1. The Bertz CT molecular complexity index is 741. The highest BCUT2D eigenvalue weighted by Gasteiger charge is 2.24. The number of nitrogens with zero attached hydrogens (tertiary/aromatic N) is 1. The van der Waals surface area contributed by atoms with Crippen LogP contribution in [0, 0.1) is 0 Å². The second-order valence-corrected chi connectivity index (χ2v) is 5.58. The normalized spacial score (nSPS) is 13.9. The molecule has 3 rings (SSSR count). The lowest BCUT2D eigenvalue weighted by Gasteiger charge is -2.20. The zero-order valence-electron chi connectivity index (χ0n) is 13.6. The number of para-hydroxylation sites is 2. The first-order valence-corrected chi connectivity index (χ1v) is 8.12. The van der Waals surface area contributed by atoms with Gasteiger partial charge in [0.2, 0.25) is 5.91 Å². The highest BCUT2D eigenvalue weighted by Crippen LogP contribution is 2.29. The fraction of sp³-hybridized carbons (Fsp3) is 0.263. The summed E-state index contributed by atoms with van der Waals surface area (Å²) in [6.07, 6.45) is 1.40. The van der Waals surface area contributed by atoms with Crippen molar-refractivity contribution in [2.75, 3.05) is 23.4 Å². The van der Waals surface area contributed by atoms with E-state index in [4.69, 9.17) is 4.74 Å². The van der Waals surface area contributed by atoms with Gasteiger partial charge in [-0.3, -0.25) is 9.59 Å². The summed E-state index contributed by atoms with van der Waals surface area (Å²) in [7, 11) is 0. The fourth-order valence-electron chi connectivity index (χ4n) is 2.78. The molecular formula is C19H20N2O3. The molecule has 1 N–H and O–H groups in total. The minimum atomic E-state index is -0.211. The lowest BCUT2D eigenvalue weighted by Crippen LogP contribution is -2.25. The number of carbonyl (C=O) groups is 2. The van der Waals surface area contributed by atoms with Gasteiger partial charge in [0.15, 0.2) is 0 Å². The Labute approximate surface area is 141 Å². The Morgan fingerprint density at radius 1 is 1.17 bits per heavy atom. The van der Waals surface area contributed by atoms with E-state index in [2.05, 4.69) is 5.32 Å². The maximum absolute atomic E-state index is 12.5. The van der Waals surface area contributed by atoms with Crippen LogP contribution in [0.4, 0.5) is 11.4 Å². The van der Waals surface area contributed by atoms with Gasteiger partial charge in [0, 0.05) is 18.5 Å². The zero-order valence-corrected chi connectivity index (χ0v) is 13.6. The average molecular weight is 324 g/mol. The number of rotatable bonds is 5. The van der Waals surface area contributed by atoms with Gasteiger partial charge in [0.1, 0.15) is 5.75 Å². The second kappa shape index (κ2) is 7.17. The summed E-state index contributed by atoms with van der Waals surface area (Å²) in [5, 5.41) is 2.90. The summed E-state index contributed by atoms with van der Waals surface area (Å²) in [5.41, 5.74) is 1.94. The van der Waals surface area contributed by atoms with Gasteiger partial charge in [0.05, 0.1) is 18.0 Å². The van der Waals surface area contributed by atoms with Crippen LogP contribution in [0.1, 0.15) is 30.1 Å². The van der Waals surface area contributed by atoms with Gasteiger partial charge in [-0.2, -0.15) is 0 Å². The molecule has 2 aromatic carbocycles. The topological polar surface area (TPSA) is 58.6 Å². The molecular weight excluding hydrogens is 304 g/mol. The monoisotopic (exact) mass is 324 g/mol. The van der Waals surface area contributed by atoms with Crippen LogP contribution in [0.5, 0.6) is 5.75 Å². The molecule has 5 heteroatoms. The molecule has 2 aromatic rings. The molecule has 1 aliphatic rings. The van der Waals surface area contributed by atoms with E-state index in [0.29, 0.717) is 30.8 Å². The zero-order chi connectivity index (χ0) is 16.9. The van der Waals surface area contributed by atoms with Gasteiger partial charge in [-0.1, -0.05) is 12.1 Å². The largest absolute Gasteiger partial charge is 0.494 e. The molecule has 0 saturated carbocycles. The third kappa shape index (κ3) is 3.40. The summed E-state index contributed by atoms with van der Waals surface area (Å²) in [5.74, 6) is 0.618. The molecule has 5 nitrogen and oxygen atoms in total. The summed E-state index contributed by atoms with van der Waals surface area (Å²) in [4.78, 5) is 26.2. The number of carbonyl (C=O) groups excluding carboxylic acids is 2. The fourth-order valence-corrected chi connectivity index (χ4v) is 2.78. The lowest BCUT2D eigenvalue weighted by molar-refractivity contribution is -0.117. The van der Waals surface area contributed by atoms with Crippen molar-refractivity contribution < 1.29 is 14.3 Å². The molecule has 124 valence electrons. The van der Waals surface area contributed by atoms with Gasteiger partial charge >= 0.3 is 0 Å². The highest BCUT2D eigenvalue weighted by molar-refractivity contribution is 6.08. The first kappa shape index (κ1) is 16.1. The molecule has 2 amide bonds. The first-order chi connectivity index (χ1) is 11.7. The van der Waals surface area contributed by atoms with E-state index >= 15 is 0 Å². The third-order valence-corrected chi connectivity index (χ3v) is 3.94. The summed E-state index contributed by atoms with van der Waals surface area (Å²) < 4.78 is 5.38. The van der Waals surface area contributed by atoms with Crippen LogP contribution in [0.15, 0.2) is 48.5 Å². The van der Waals surface area contributed by atoms with Gasteiger partial charge in [-0.05, 0) is 49.7 Å². The van der Waals surface area contributed by atoms with E-state index in [0.717, 1.165) is 17.9 Å². The summed E-state index contributed by atoms with van der Waals surface area (Å²) in [6.45, 7) is 3.19. The highest BCUT2D eigenvalue weighted by atomic mass is 16.5. The van der Waals surface area contributed by atoms with E-state index in [-0.39, 0.29) is 11.8 Å². The van der Waals surface area contributed by atoms with E-state index in [9.17, 15) is 9.59 Å². The van der Waals surface area contributed by atoms with Crippen LogP contribution in [0.25, 0.3) is 0 Å². The Hall–Kier alpha value is -2.82. The van der Waals surface area contributed by atoms with Crippen molar-refractivity contribution in [3.05, 3.63) is 54.1 Å². The third-order valence-electron chi connectivity index (χ3n) is 3.94. The summed E-state index contributed by atoms with van der Waals surface area (Å²) in [6, 6.07) is 14.4. The molecule has 0 aliphatic carbocycles. The van der Waals surface area contributed by atoms with Crippen LogP contribution >= 0.6 is 0 Å².